The summed E-state index contributed by atoms with van der Waals surface area (Å²) in [7, 11) is 0. The van der Waals surface area contributed by atoms with Gasteiger partial charge in [0.25, 0.3) is 0 Å². The lowest BCUT2D eigenvalue weighted by molar-refractivity contribution is 0.595. The van der Waals surface area contributed by atoms with Gasteiger partial charge in [0.2, 0.25) is 0 Å². The van der Waals surface area contributed by atoms with Crippen LogP contribution in [0.4, 0.5) is 4.39 Å². The molecule has 2 unspecified atom stereocenters. The van der Waals surface area contributed by atoms with Crippen LogP contribution in [0.25, 0.3) is 0 Å². The van der Waals surface area contributed by atoms with Crippen LogP contribution in [0, 0.1) is 17.1 Å². The highest BCUT2D eigenvalue weighted by Crippen LogP contribution is 2.21. The first-order valence-corrected chi connectivity index (χ1v) is 7.04. The number of nitrogens with two attached hydrogens (primary N) is 1. The van der Waals surface area contributed by atoms with Gasteiger partial charge in [0.1, 0.15) is 5.82 Å². The van der Waals surface area contributed by atoms with Gasteiger partial charge in [-0.3, -0.25) is 0 Å². The predicted octanol–water partition coefficient (Wildman–Crippen LogP) is 4.61. The molecule has 1 aromatic carbocycles. The SMILES string of the molecule is CC.CC.CC(N)CCC(C#N)c1ccc(F)cc1. The summed E-state index contributed by atoms with van der Waals surface area (Å²) < 4.78 is 12.7. The molecule has 0 amide bonds. The molecular weight excluding hydrogens is 239 g/mol. The number of nitrogens with zero attached hydrogens (tertiary/aromatic N) is 1. The fraction of sp³-hybridized carbons (Fsp3) is 0.562. The van der Waals surface area contributed by atoms with E-state index in [1.165, 1.54) is 12.1 Å². The molecule has 0 aliphatic rings. The lowest BCUT2D eigenvalue weighted by Gasteiger charge is -2.10. The second kappa shape index (κ2) is 13.0. The summed E-state index contributed by atoms with van der Waals surface area (Å²) in [6.07, 6.45) is 1.52. The van der Waals surface area contributed by atoms with Crippen LogP contribution in [0.2, 0.25) is 0 Å². The number of nitriles is 1. The largest absolute Gasteiger partial charge is 0.328 e. The fourth-order valence-electron chi connectivity index (χ4n) is 1.43. The lowest BCUT2D eigenvalue weighted by Crippen LogP contribution is -2.15. The van der Waals surface area contributed by atoms with Crippen LogP contribution in [0.5, 0.6) is 0 Å². The highest BCUT2D eigenvalue weighted by atomic mass is 19.1. The van der Waals surface area contributed by atoms with E-state index < -0.39 is 0 Å². The molecule has 2 atom stereocenters. The standard InChI is InChI=1S/C12H15FN2.2C2H6/c1-9(15)2-3-11(8-14)10-4-6-12(13)7-5-10;2*1-2/h4-7,9,11H,2-3,15H2,1H3;2*1-2H3. The molecule has 0 radical (unpaired) electrons. The predicted molar refractivity (Wildman–Crippen MR) is 80.3 cm³/mol. The van der Waals surface area contributed by atoms with Gasteiger partial charge in [-0.1, -0.05) is 39.8 Å². The molecule has 19 heavy (non-hydrogen) atoms. The minimum atomic E-state index is -0.275. The summed E-state index contributed by atoms with van der Waals surface area (Å²) in [6, 6.07) is 8.39. The Balaban J connectivity index is 0. The Kier molecular flexibility index (Phi) is 13.7. The Morgan fingerprint density at radius 3 is 1.95 bits per heavy atom. The van der Waals surface area contributed by atoms with Crippen molar-refractivity contribution >= 4 is 0 Å². The normalized spacial score (nSPS) is 11.9. The smallest absolute Gasteiger partial charge is 0.123 e. The van der Waals surface area contributed by atoms with Crippen LogP contribution >= 0.6 is 0 Å². The van der Waals surface area contributed by atoms with Crippen LogP contribution in [0.1, 0.15) is 58.9 Å². The van der Waals surface area contributed by atoms with Crippen molar-refractivity contribution in [2.45, 2.75) is 59.4 Å². The van der Waals surface area contributed by atoms with E-state index in [-0.39, 0.29) is 17.8 Å². The van der Waals surface area contributed by atoms with Crippen molar-refractivity contribution in [3.8, 4) is 6.07 Å². The maximum absolute atomic E-state index is 12.7. The van der Waals surface area contributed by atoms with Gasteiger partial charge in [0, 0.05) is 6.04 Å². The van der Waals surface area contributed by atoms with Crippen LogP contribution in [-0.2, 0) is 0 Å². The zero-order chi connectivity index (χ0) is 15.3. The molecule has 0 bridgehead atoms. The first kappa shape index (κ1) is 19.9. The molecule has 3 heteroatoms. The molecule has 1 aromatic rings. The Hall–Kier alpha value is -1.40. The first-order valence-electron chi connectivity index (χ1n) is 7.04. The molecule has 0 aromatic heterocycles. The van der Waals surface area contributed by atoms with Gasteiger partial charge in [0.05, 0.1) is 12.0 Å². The molecule has 0 aliphatic heterocycles. The molecule has 108 valence electrons. The summed E-state index contributed by atoms with van der Waals surface area (Å²) in [4.78, 5) is 0. The summed E-state index contributed by atoms with van der Waals surface area (Å²) in [6.45, 7) is 9.92. The molecule has 2 N–H and O–H groups in total. The van der Waals surface area contributed by atoms with E-state index in [0.717, 1.165) is 18.4 Å². The molecule has 0 fully saturated rings. The number of hydrogen-bond acceptors (Lipinski definition) is 2. The van der Waals surface area contributed by atoms with Crippen molar-refractivity contribution in [2.75, 3.05) is 0 Å². The average Bonchev–Trinajstić information content (AvgIpc) is 2.45. The topological polar surface area (TPSA) is 49.8 Å². The Bertz CT molecular complexity index is 339. The summed E-state index contributed by atoms with van der Waals surface area (Å²) >= 11 is 0. The van der Waals surface area contributed by atoms with Gasteiger partial charge in [-0.2, -0.15) is 5.26 Å². The van der Waals surface area contributed by atoms with Gasteiger partial charge in [-0.25, -0.2) is 4.39 Å². The van der Waals surface area contributed by atoms with E-state index in [4.69, 9.17) is 11.0 Å². The second-order valence-corrected chi connectivity index (χ2v) is 3.79. The Morgan fingerprint density at radius 1 is 1.11 bits per heavy atom. The van der Waals surface area contributed by atoms with Gasteiger partial charge in [-0.05, 0) is 37.5 Å². The lowest BCUT2D eigenvalue weighted by atomic mass is 9.94. The van der Waals surface area contributed by atoms with Gasteiger partial charge in [-0.15, -0.1) is 0 Å². The zero-order valence-corrected chi connectivity index (χ0v) is 12.8. The minimum absolute atomic E-state index is 0.0984. The van der Waals surface area contributed by atoms with Gasteiger partial charge < -0.3 is 5.73 Å². The van der Waals surface area contributed by atoms with Crippen LogP contribution in [-0.4, -0.2) is 6.04 Å². The highest BCUT2D eigenvalue weighted by Gasteiger charge is 2.11. The van der Waals surface area contributed by atoms with E-state index in [2.05, 4.69) is 6.07 Å². The molecule has 0 saturated carbocycles. The van der Waals surface area contributed by atoms with Crippen LogP contribution < -0.4 is 5.73 Å². The quantitative estimate of drug-likeness (QED) is 0.865. The highest BCUT2D eigenvalue weighted by molar-refractivity contribution is 5.25. The molecule has 0 aliphatic carbocycles. The van der Waals surface area contributed by atoms with Gasteiger partial charge >= 0.3 is 0 Å². The van der Waals surface area contributed by atoms with Crippen molar-refractivity contribution in [3.05, 3.63) is 35.6 Å². The summed E-state index contributed by atoms with van der Waals surface area (Å²) in [5.41, 5.74) is 6.49. The number of hydrogen-bond donors (Lipinski definition) is 1. The fourth-order valence-corrected chi connectivity index (χ4v) is 1.43. The van der Waals surface area contributed by atoms with Crippen molar-refractivity contribution in [2.24, 2.45) is 5.73 Å². The third kappa shape index (κ3) is 9.21. The maximum Gasteiger partial charge on any atom is 0.123 e. The Morgan fingerprint density at radius 2 is 1.58 bits per heavy atom. The van der Waals surface area contributed by atoms with E-state index in [0.29, 0.717) is 0 Å². The van der Waals surface area contributed by atoms with Crippen molar-refractivity contribution in [1.82, 2.24) is 0 Å². The Labute approximate surface area is 117 Å². The van der Waals surface area contributed by atoms with Crippen molar-refractivity contribution < 1.29 is 4.39 Å². The molecule has 2 nitrogen and oxygen atoms in total. The summed E-state index contributed by atoms with van der Waals surface area (Å²) in [5, 5.41) is 8.98. The number of benzene rings is 1. The monoisotopic (exact) mass is 266 g/mol. The third-order valence-electron chi connectivity index (χ3n) is 2.34. The number of halogens is 1. The molecular formula is C16H27FN2. The van der Waals surface area contributed by atoms with E-state index in [1.807, 2.05) is 34.6 Å². The third-order valence-corrected chi connectivity index (χ3v) is 2.34. The summed E-state index contributed by atoms with van der Waals surface area (Å²) in [5.74, 6) is -0.459. The molecule has 1 rings (SSSR count). The average molecular weight is 266 g/mol. The minimum Gasteiger partial charge on any atom is -0.328 e. The van der Waals surface area contributed by atoms with Crippen molar-refractivity contribution in [3.63, 3.8) is 0 Å². The van der Waals surface area contributed by atoms with Gasteiger partial charge in [0.15, 0.2) is 0 Å². The molecule has 0 saturated heterocycles. The maximum atomic E-state index is 12.7. The zero-order valence-electron chi connectivity index (χ0n) is 12.8. The van der Waals surface area contributed by atoms with E-state index in [9.17, 15) is 4.39 Å². The number of rotatable bonds is 4. The second-order valence-electron chi connectivity index (χ2n) is 3.79. The van der Waals surface area contributed by atoms with Crippen molar-refractivity contribution in [1.29, 1.82) is 5.26 Å². The first-order chi connectivity index (χ1) is 9.13. The van der Waals surface area contributed by atoms with Crippen LogP contribution in [0.15, 0.2) is 24.3 Å². The van der Waals surface area contributed by atoms with E-state index in [1.54, 1.807) is 12.1 Å². The molecule has 0 heterocycles. The van der Waals surface area contributed by atoms with Crippen LogP contribution in [0.3, 0.4) is 0 Å². The van der Waals surface area contributed by atoms with E-state index >= 15 is 0 Å². The molecule has 0 spiro atoms.